The van der Waals surface area contributed by atoms with E-state index in [0.717, 1.165) is 27.7 Å². The minimum absolute atomic E-state index is 0.0130. The maximum Gasteiger partial charge on any atom is 0.331 e. The Kier molecular flexibility index (Phi) is 5.54. The van der Waals surface area contributed by atoms with E-state index < -0.39 is 11.6 Å². The zero-order chi connectivity index (χ0) is 24.9. The molecule has 0 fully saturated rings. The van der Waals surface area contributed by atoms with Gasteiger partial charge in [-0.25, -0.2) is 9.18 Å². The number of halogens is 1. The molecule has 1 aliphatic rings. The molecule has 2 aromatic carbocycles. The lowest BCUT2D eigenvalue weighted by Crippen LogP contribution is -2.30. The SMILES string of the molecule is CC(C)(C)OC(=O)CCn1c(O)c2n(c1=O)Cc1c(c3ccccc3n1Cc1ccc(F)cc1)C2. The van der Waals surface area contributed by atoms with E-state index in [1.165, 1.54) is 16.7 Å². The first-order valence-electron chi connectivity index (χ1n) is 11.7. The highest BCUT2D eigenvalue weighted by Crippen LogP contribution is 2.35. The van der Waals surface area contributed by atoms with Crippen LogP contribution in [0.2, 0.25) is 0 Å². The molecule has 1 aliphatic heterocycles. The number of imidazole rings is 1. The summed E-state index contributed by atoms with van der Waals surface area (Å²) in [5.41, 5.74) is 3.58. The van der Waals surface area contributed by atoms with Gasteiger partial charge in [-0.15, -0.1) is 0 Å². The Bertz CT molecular complexity index is 1490. The van der Waals surface area contributed by atoms with Crippen LogP contribution in [0, 0.1) is 5.82 Å². The number of nitrogens with zero attached hydrogens (tertiary/aromatic N) is 3. The van der Waals surface area contributed by atoms with Crippen LogP contribution >= 0.6 is 0 Å². The Labute approximate surface area is 202 Å². The number of rotatable bonds is 5. The highest BCUT2D eigenvalue weighted by Gasteiger charge is 2.30. The molecule has 0 amide bonds. The molecule has 35 heavy (non-hydrogen) atoms. The normalized spacial score (nSPS) is 13.0. The van der Waals surface area contributed by atoms with E-state index in [2.05, 4.69) is 4.57 Å². The van der Waals surface area contributed by atoms with E-state index in [1.54, 1.807) is 37.5 Å². The summed E-state index contributed by atoms with van der Waals surface area (Å²) in [6, 6.07) is 14.4. The number of hydrogen-bond acceptors (Lipinski definition) is 4. The average molecular weight is 478 g/mol. The van der Waals surface area contributed by atoms with E-state index in [4.69, 9.17) is 4.74 Å². The van der Waals surface area contributed by atoms with Crippen LogP contribution in [0.1, 0.15) is 49.7 Å². The molecule has 0 spiro atoms. The highest BCUT2D eigenvalue weighted by atomic mass is 19.1. The van der Waals surface area contributed by atoms with Gasteiger partial charge < -0.3 is 14.4 Å². The largest absolute Gasteiger partial charge is 0.493 e. The monoisotopic (exact) mass is 477 g/mol. The number of aromatic nitrogens is 3. The van der Waals surface area contributed by atoms with Crippen molar-refractivity contribution in [1.29, 1.82) is 0 Å². The van der Waals surface area contributed by atoms with Gasteiger partial charge in [0.2, 0.25) is 5.88 Å². The first kappa shape index (κ1) is 23.0. The van der Waals surface area contributed by atoms with Crippen molar-refractivity contribution in [2.24, 2.45) is 0 Å². The first-order chi connectivity index (χ1) is 16.6. The van der Waals surface area contributed by atoms with Crippen molar-refractivity contribution >= 4 is 16.9 Å². The zero-order valence-corrected chi connectivity index (χ0v) is 20.0. The number of esters is 1. The lowest BCUT2D eigenvalue weighted by Gasteiger charge is -2.19. The van der Waals surface area contributed by atoms with Crippen LogP contribution in [-0.4, -0.2) is 30.4 Å². The first-order valence-corrected chi connectivity index (χ1v) is 11.7. The number of ether oxygens (including phenoxy) is 1. The Morgan fingerprint density at radius 1 is 1.06 bits per heavy atom. The van der Waals surface area contributed by atoms with Crippen molar-refractivity contribution < 1.29 is 19.0 Å². The maximum absolute atomic E-state index is 13.4. The molecule has 0 atom stereocenters. The van der Waals surface area contributed by atoms with Gasteiger partial charge in [0.05, 0.1) is 18.7 Å². The minimum Gasteiger partial charge on any atom is -0.493 e. The van der Waals surface area contributed by atoms with Gasteiger partial charge in [-0.05, 0) is 50.1 Å². The van der Waals surface area contributed by atoms with Gasteiger partial charge in [0.25, 0.3) is 0 Å². The molecule has 8 heteroatoms. The number of benzene rings is 2. The van der Waals surface area contributed by atoms with Gasteiger partial charge in [-0.3, -0.25) is 13.9 Å². The fraction of sp³-hybridized carbons (Fsp3) is 0.333. The standard InChI is InChI=1S/C27H28FN3O4/c1-27(2,3)35-24(32)12-13-29-25(33)22-14-20-19-6-4-5-7-21(19)30(23(20)16-31(22)26(29)34)15-17-8-10-18(28)11-9-17/h4-11,33H,12-16H2,1-3H3. The van der Waals surface area contributed by atoms with Crippen LogP contribution in [0.25, 0.3) is 10.9 Å². The summed E-state index contributed by atoms with van der Waals surface area (Å²) in [5, 5.41) is 12.0. The van der Waals surface area contributed by atoms with Crippen molar-refractivity contribution in [3.63, 3.8) is 0 Å². The molecule has 4 aromatic rings. The van der Waals surface area contributed by atoms with Crippen LogP contribution in [0.15, 0.2) is 53.3 Å². The van der Waals surface area contributed by atoms with Crippen molar-refractivity contribution in [2.75, 3.05) is 0 Å². The van der Waals surface area contributed by atoms with Crippen molar-refractivity contribution in [1.82, 2.24) is 13.7 Å². The molecule has 0 bridgehead atoms. The molecular formula is C27H28FN3O4. The maximum atomic E-state index is 13.4. The molecule has 0 saturated carbocycles. The molecule has 1 N–H and O–H groups in total. The van der Waals surface area contributed by atoms with Crippen LogP contribution in [-0.2, 0) is 35.6 Å². The summed E-state index contributed by atoms with van der Waals surface area (Å²) < 4.78 is 23.8. The van der Waals surface area contributed by atoms with Crippen LogP contribution in [0.5, 0.6) is 5.88 Å². The molecule has 0 unspecified atom stereocenters. The molecule has 0 radical (unpaired) electrons. The second kappa shape index (κ2) is 8.45. The van der Waals surface area contributed by atoms with E-state index in [9.17, 15) is 19.1 Å². The number of fused-ring (bicyclic) bond motifs is 4. The van der Waals surface area contributed by atoms with Gasteiger partial charge in [0, 0.05) is 36.1 Å². The quantitative estimate of drug-likeness (QED) is 0.385. The van der Waals surface area contributed by atoms with Gasteiger partial charge in [0.15, 0.2) is 0 Å². The Balaban J connectivity index is 1.50. The summed E-state index contributed by atoms with van der Waals surface area (Å²) in [6.07, 6.45) is 0.383. The summed E-state index contributed by atoms with van der Waals surface area (Å²) in [4.78, 5) is 25.4. The van der Waals surface area contributed by atoms with Crippen LogP contribution < -0.4 is 5.69 Å². The number of carbonyl (C=O) groups is 1. The van der Waals surface area contributed by atoms with Crippen molar-refractivity contribution in [2.45, 2.75) is 58.8 Å². The Morgan fingerprint density at radius 2 is 1.77 bits per heavy atom. The second-order valence-electron chi connectivity index (χ2n) is 9.96. The zero-order valence-electron chi connectivity index (χ0n) is 20.0. The minimum atomic E-state index is -0.615. The summed E-state index contributed by atoms with van der Waals surface area (Å²) in [5.74, 6) is -0.819. The van der Waals surface area contributed by atoms with E-state index in [1.807, 2.05) is 24.3 Å². The van der Waals surface area contributed by atoms with Crippen molar-refractivity contribution in [3.05, 3.63) is 87.3 Å². The lowest BCUT2D eigenvalue weighted by molar-refractivity contribution is -0.155. The molecular weight excluding hydrogens is 449 g/mol. The third-order valence-electron chi connectivity index (χ3n) is 6.36. The predicted octanol–water partition coefficient (Wildman–Crippen LogP) is 4.18. The number of carbonyl (C=O) groups excluding carboxylic acids is 1. The van der Waals surface area contributed by atoms with Gasteiger partial charge >= 0.3 is 11.7 Å². The fourth-order valence-electron chi connectivity index (χ4n) is 4.84. The molecule has 0 aliphatic carbocycles. The Hall–Kier alpha value is -3.81. The van der Waals surface area contributed by atoms with Gasteiger partial charge in [0.1, 0.15) is 11.4 Å². The fourth-order valence-corrected chi connectivity index (χ4v) is 4.84. The summed E-state index contributed by atoms with van der Waals surface area (Å²) in [6.45, 7) is 6.23. The molecule has 5 rings (SSSR count). The van der Waals surface area contributed by atoms with Crippen LogP contribution in [0.4, 0.5) is 4.39 Å². The predicted molar refractivity (Wildman–Crippen MR) is 130 cm³/mol. The van der Waals surface area contributed by atoms with Gasteiger partial charge in [-0.2, -0.15) is 0 Å². The third kappa shape index (κ3) is 4.24. The van der Waals surface area contributed by atoms with E-state index in [0.29, 0.717) is 25.2 Å². The number of hydrogen-bond donors (Lipinski definition) is 1. The smallest absolute Gasteiger partial charge is 0.331 e. The number of aromatic hydroxyl groups is 1. The van der Waals surface area contributed by atoms with E-state index in [-0.39, 0.29) is 30.4 Å². The molecule has 182 valence electrons. The summed E-state index contributed by atoms with van der Waals surface area (Å²) in [7, 11) is 0. The van der Waals surface area contributed by atoms with E-state index >= 15 is 0 Å². The Morgan fingerprint density at radius 3 is 2.49 bits per heavy atom. The average Bonchev–Trinajstić information content (AvgIpc) is 3.23. The number of para-hydroxylation sites is 1. The van der Waals surface area contributed by atoms with Gasteiger partial charge in [-0.1, -0.05) is 30.3 Å². The topological polar surface area (TPSA) is 78.4 Å². The molecule has 0 saturated heterocycles. The van der Waals surface area contributed by atoms with Crippen molar-refractivity contribution in [3.8, 4) is 5.88 Å². The summed E-state index contributed by atoms with van der Waals surface area (Å²) >= 11 is 0. The highest BCUT2D eigenvalue weighted by molar-refractivity contribution is 5.86. The second-order valence-corrected chi connectivity index (χ2v) is 9.96. The molecule has 3 heterocycles. The van der Waals surface area contributed by atoms with Crippen LogP contribution in [0.3, 0.4) is 0 Å². The third-order valence-corrected chi connectivity index (χ3v) is 6.36. The lowest BCUT2D eigenvalue weighted by atomic mass is 10.0. The molecule has 7 nitrogen and oxygen atoms in total. The molecule has 2 aromatic heterocycles.